The van der Waals surface area contributed by atoms with Crippen molar-refractivity contribution < 1.29 is 27.1 Å². The van der Waals surface area contributed by atoms with Crippen LogP contribution in [-0.4, -0.2) is 50.0 Å². The summed E-state index contributed by atoms with van der Waals surface area (Å²) >= 11 is 0. The van der Waals surface area contributed by atoms with Gasteiger partial charge in [-0.25, -0.2) is 8.42 Å². The maximum Gasteiger partial charge on any atom is 0.291 e. The lowest BCUT2D eigenvalue weighted by Gasteiger charge is -2.30. The van der Waals surface area contributed by atoms with Crippen molar-refractivity contribution in [2.75, 3.05) is 24.7 Å². The van der Waals surface area contributed by atoms with Gasteiger partial charge in [0.15, 0.2) is 26.8 Å². The van der Waals surface area contributed by atoms with Crippen molar-refractivity contribution in [3.63, 3.8) is 0 Å². The van der Waals surface area contributed by atoms with Gasteiger partial charge in [-0.2, -0.15) is 0 Å². The van der Waals surface area contributed by atoms with Gasteiger partial charge in [0, 0.05) is 6.04 Å². The number of ether oxygens (including phenoxy) is 2. The van der Waals surface area contributed by atoms with Crippen LogP contribution in [0.1, 0.15) is 41.1 Å². The monoisotopic (exact) mass is 495 g/mol. The first-order valence-electron chi connectivity index (χ1n) is 11.4. The molecule has 0 saturated carbocycles. The molecule has 35 heavy (non-hydrogen) atoms. The Bertz CT molecular complexity index is 1490. The first-order valence-corrected chi connectivity index (χ1v) is 13.3. The van der Waals surface area contributed by atoms with Gasteiger partial charge in [-0.05, 0) is 43.2 Å². The number of rotatable bonds is 7. The molecule has 182 valence electrons. The van der Waals surface area contributed by atoms with Gasteiger partial charge < -0.3 is 18.8 Å². The molecule has 2 atom stereocenters. The summed E-state index contributed by atoms with van der Waals surface area (Å²) in [6.45, 7) is 6.17. The minimum absolute atomic E-state index is 0.00755. The molecule has 9 heteroatoms. The number of sulfone groups is 1. The normalized spacial score (nSPS) is 20.7. The lowest BCUT2D eigenvalue weighted by atomic mass is 9.97. The highest BCUT2D eigenvalue weighted by Gasteiger charge is 2.48. The predicted molar refractivity (Wildman–Crippen MR) is 131 cm³/mol. The largest absolute Gasteiger partial charge is 0.490 e. The summed E-state index contributed by atoms with van der Waals surface area (Å²) in [6.07, 6.45) is 1.92. The van der Waals surface area contributed by atoms with E-state index < -0.39 is 27.8 Å². The van der Waals surface area contributed by atoms with E-state index in [9.17, 15) is 18.0 Å². The van der Waals surface area contributed by atoms with E-state index in [-0.39, 0.29) is 34.9 Å². The number of benzene rings is 2. The Kier molecular flexibility index (Phi) is 5.88. The molecule has 2 aliphatic rings. The maximum absolute atomic E-state index is 13.6. The van der Waals surface area contributed by atoms with Gasteiger partial charge in [0.2, 0.25) is 5.76 Å². The third-order valence-corrected chi connectivity index (χ3v) is 8.11. The standard InChI is InChI=1S/C26H25NO7S/c1-3-12-33-20-10-9-16(14-21(20)32-4-2)23-22-24(28)18-7-5-6-8-19(18)34-25(22)26(29)27(23)17-11-13-35(30,31)15-17/h3,5-10,14,17,23H,1,4,11-13,15H2,2H3/t17-,23-/m1/s1. The zero-order valence-electron chi connectivity index (χ0n) is 19.2. The number of carbonyl (C=O) groups excluding carboxylic acids is 1. The quantitative estimate of drug-likeness (QED) is 0.462. The van der Waals surface area contributed by atoms with Crippen molar-refractivity contribution in [1.29, 1.82) is 0 Å². The second-order valence-corrected chi connectivity index (χ2v) is 10.8. The molecule has 3 aromatic rings. The Morgan fingerprint density at radius 2 is 1.94 bits per heavy atom. The predicted octanol–water partition coefficient (Wildman–Crippen LogP) is 3.49. The van der Waals surface area contributed by atoms with Crippen LogP contribution in [0.4, 0.5) is 0 Å². The summed E-state index contributed by atoms with van der Waals surface area (Å²) < 4.78 is 42.0. The minimum Gasteiger partial charge on any atom is -0.490 e. The van der Waals surface area contributed by atoms with Gasteiger partial charge in [-0.1, -0.05) is 30.9 Å². The molecule has 8 nitrogen and oxygen atoms in total. The summed E-state index contributed by atoms with van der Waals surface area (Å²) in [6, 6.07) is 10.6. The molecule has 2 aromatic carbocycles. The summed E-state index contributed by atoms with van der Waals surface area (Å²) in [7, 11) is -3.29. The van der Waals surface area contributed by atoms with Crippen LogP contribution in [0.25, 0.3) is 11.0 Å². The molecule has 1 fully saturated rings. The van der Waals surface area contributed by atoms with Crippen molar-refractivity contribution in [1.82, 2.24) is 4.90 Å². The molecule has 2 aliphatic heterocycles. The van der Waals surface area contributed by atoms with E-state index in [0.29, 0.717) is 41.1 Å². The van der Waals surface area contributed by atoms with Crippen LogP contribution in [0.2, 0.25) is 0 Å². The van der Waals surface area contributed by atoms with Gasteiger partial charge >= 0.3 is 0 Å². The second-order valence-electron chi connectivity index (χ2n) is 8.58. The lowest BCUT2D eigenvalue weighted by Crippen LogP contribution is -2.40. The first-order chi connectivity index (χ1) is 16.8. The van der Waals surface area contributed by atoms with E-state index in [1.807, 2.05) is 6.92 Å². The van der Waals surface area contributed by atoms with E-state index in [4.69, 9.17) is 13.9 Å². The molecular weight excluding hydrogens is 470 g/mol. The highest BCUT2D eigenvalue weighted by molar-refractivity contribution is 7.91. The molecule has 0 unspecified atom stereocenters. The molecule has 0 spiro atoms. The molecule has 0 aliphatic carbocycles. The number of carbonyl (C=O) groups is 1. The van der Waals surface area contributed by atoms with E-state index >= 15 is 0 Å². The van der Waals surface area contributed by atoms with Crippen LogP contribution < -0.4 is 14.9 Å². The Morgan fingerprint density at radius 3 is 2.66 bits per heavy atom. The highest BCUT2D eigenvalue weighted by Crippen LogP contribution is 2.43. The molecule has 0 radical (unpaired) electrons. The Hall–Kier alpha value is -3.59. The molecular formula is C26H25NO7S. The van der Waals surface area contributed by atoms with Gasteiger partial charge in [-0.15, -0.1) is 0 Å². The van der Waals surface area contributed by atoms with E-state index in [1.54, 1.807) is 48.5 Å². The van der Waals surface area contributed by atoms with Crippen LogP contribution in [-0.2, 0) is 9.84 Å². The second kappa shape index (κ2) is 8.88. The first kappa shape index (κ1) is 23.2. The van der Waals surface area contributed by atoms with Crippen molar-refractivity contribution in [2.45, 2.75) is 25.4 Å². The van der Waals surface area contributed by atoms with E-state index in [2.05, 4.69) is 6.58 Å². The van der Waals surface area contributed by atoms with E-state index in [1.165, 1.54) is 4.90 Å². The fourth-order valence-electron chi connectivity index (χ4n) is 4.87. The Balaban J connectivity index is 1.71. The molecule has 1 saturated heterocycles. The SMILES string of the molecule is C=CCOc1ccc([C@@H]2c3c(oc4ccccc4c3=O)C(=O)N2[C@@H]2CCS(=O)(=O)C2)cc1OCC. The average molecular weight is 496 g/mol. The molecule has 1 aromatic heterocycles. The fourth-order valence-corrected chi connectivity index (χ4v) is 6.58. The Morgan fingerprint density at radius 1 is 1.14 bits per heavy atom. The molecule has 1 amide bonds. The number of hydrogen-bond donors (Lipinski definition) is 0. The van der Waals surface area contributed by atoms with Crippen LogP contribution in [0.15, 0.2) is 64.3 Å². The van der Waals surface area contributed by atoms with Crippen LogP contribution in [0.5, 0.6) is 11.5 Å². The topological polar surface area (TPSA) is 103 Å². The van der Waals surface area contributed by atoms with Crippen LogP contribution in [0, 0.1) is 0 Å². The summed E-state index contributed by atoms with van der Waals surface area (Å²) in [5, 5.41) is 0.362. The van der Waals surface area contributed by atoms with Gasteiger partial charge in [-0.3, -0.25) is 9.59 Å². The molecule has 0 bridgehead atoms. The molecule has 0 N–H and O–H groups in total. The maximum atomic E-state index is 13.6. The minimum atomic E-state index is -3.29. The van der Waals surface area contributed by atoms with Crippen molar-refractivity contribution in [2.24, 2.45) is 0 Å². The average Bonchev–Trinajstić information content (AvgIpc) is 3.35. The van der Waals surface area contributed by atoms with Gasteiger partial charge in [0.1, 0.15) is 12.2 Å². The smallest absolute Gasteiger partial charge is 0.291 e. The third kappa shape index (κ3) is 3.99. The summed E-state index contributed by atoms with van der Waals surface area (Å²) in [5.74, 6) is 0.257. The fraction of sp³-hybridized carbons (Fsp3) is 0.308. The van der Waals surface area contributed by atoms with Gasteiger partial charge in [0.25, 0.3) is 5.91 Å². The van der Waals surface area contributed by atoms with E-state index in [0.717, 1.165) is 0 Å². The van der Waals surface area contributed by atoms with Crippen LogP contribution >= 0.6 is 0 Å². The van der Waals surface area contributed by atoms with Crippen molar-refractivity contribution >= 4 is 26.7 Å². The Labute approximate surface area is 202 Å². The highest BCUT2D eigenvalue weighted by atomic mass is 32.2. The zero-order valence-corrected chi connectivity index (χ0v) is 20.0. The van der Waals surface area contributed by atoms with Crippen molar-refractivity contribution in [3.8, 4) is 11.5 Å². The summed E-state index contributed by atoms with van der Waals surface area (Å²) in [5.41, 5.74) is 0.819. The molecule has 3 heterocycles. The van der Waals surface area contributed by atoms with Crippen molar-refractivity contribution in [3.05, 3.63) is 82.2 Å². The number of nitrogens with zero attached hydrogens (tertiary/aromatic N) is 1. The third-order valence-electron chi connectivity index (χ3n) is 6.36. The number of hydrogen-bond acceptors (Lipinski definition) is 7. The van der Waals surface area contributed by atoms with Gasteiger partial charge in [0.05, 0.1) is 35.1 Å². The number of amides is 1. The number of fused-ring (bicyclic) bond motifs is 2. The summed E-state index contributed by atoms with van der Waals surface area (Å²) in [4.78, 5) is 28.8. The lowest BCUT2D eigenvalue weighted by molar-refractivity contribution is 0.0662. The molecule has 5 rings (SSSR count). The van der Waals surface area contributed by atoms with Crippen LogP contribution in [0.3, 0.4) is 0 Å². The zero-order chi connectivity index (χ0) is 24.7. The number of para-hydroxylation sites is 1.